The number of carbonyl (C=O) groups excluding carboxylic acids is 2. The fourth-order valence-electron chi connectivity index (χ4n) is 2.43. The molecule has 0 aromatic heterocycles. The monoisotopic (exact) mass is 364 g/mol. The summed E-state index contributed by atoms with van der Waals surface area (Å²) in [6.45, 7) is 0.121. The van der Waals surface area contributed by atoms with Gasteiger partial charge >= 0.3 is 11.9 Å². The minimum Gasteiger partial charge on any atom is -0.462 e. The fraction of sp³-hybridized carbons (Fsp3) is 0.0909. The van der Waals surface area contributed by atoms with E-state index in [1.165, 1.54) is 12.1 Å². The van der Waals surface area contributed by atoms with Crippen LogP contribution in [0, 0.1) is 5.82 Å². The van der Waals surface area contributed by atoms with Crippen molar-refractivity contribution in [3.8, 4) is 5.75 Å². The zero-order valence-electron chi connectivity index (χ0n) is 14.4. The smallest absolute Gasteiger partial charge is 0.343 e. The summed E-state index contributed by atoms with van der Waals surface area (Å²) in [6, 6.07) is 21.3. The van der Waals surface area contributed by atoms with E-state index in [1.807, 2.05) is 6.07 Å². The van der Waals surface area contributed by atoms with Crippen LogP contribution >= 0.6 is 0 Å². The van der Waals surface area contributed by atoms with Gasteiger partial charge in [-0.2, -0.15) is 0 Å². The molecule has 0 heterocycles. The van der Waals surface area contributed by atoms with E-state index in [0.717, 1.165) is 0 Å². The number of hydrogen-bond donors (Lipinski definition) is 0. The van der Waals surface area contributed by atoms with Crippen LogP contribution in [0.4, 0.5) is 4.39 Å². The first-order valence-corrected chi connectivity index (χ1v) is 8.41. The van der Waals surface area contributed by atoms with Gasteiger partial charge in [-0.3, -0.25) is 0 Å². The molecule has 0 bridgehead atoms. The predicted molar refractivity (Wildman–Crippen MR) is 98.2 cm³/mol. The SMILES string of the molecule is O=C(OCCc1ccc(OC(=O)c2ccccc2)c(F)c1)c1ccccc1. The molecular formula is C22H17FO4. The molecular weight excluding hydrogens is 347 g/mol. The van der Waals surface area contributed by atoms with E-state index in [9.17, 15) is 14.0 Å². The van der Waals surface area contributed by atoms with Crippen LogP contribution in [0.5, 0.6) is 5.75 Å². The highest BCUT2D eigenvalue weighted by molar-refractivity contribution is 5.91. The summed E-state index contributed by atoms with van der Waals surface area (Å²) in [7, 11) is 0. The molecule has 27 heavy (non-hydrogen) atoms. The largest absolute Gasteiger partial charge is 0.462 e. The third-order valence-electron chi connectivity index (χ3n) is 3.84. The molecule has 136 valence electrons. The molecule has 0 aliphatic rings. The molecule has 0 fully saturated rings. The topological polar surface area (TPSA) is 52.6 Å². The van der Waals surface area contributed by atoms with Crippen molar-refractivity contribution in [2.45, 2.75) is 6.42 Å². The van der Waals surface area contributed by atoms with Crippen LogP contribution in [-0.2, 0) is 11.2 Å². The first-order chi connectivity index (χ1) is 13.1. The summed E-state index contributed by atoms with van der Waals surface area (Å²) in [4.78, 5) is 23.8. The van der Waals surface area contributed by atoms with Crippen LogP contribution < -0.4 is 4.74 Å². The van der Waals surface area contributed by atoms with Crippen LogP contribution in [0.2, 0.25) is 0 Å². The van der Waals surface area contributed by atoms with Gasteiger partial charge in [-0.05, 0) is 42.0 Å². The van der Waals surface area contributed by atoms with Crippen molar-refractivity contribution in [1.82, 2.24) is 0 Å². The quantitative estimate of drug-likeness (QED) is 0.479. The van der Waals surface area contributed by atoms with Gasteiger partial charge < -0.3 is 9.47 Å². The average molecular weight is 364 g/mol. The first kappa shape index (κ1) is 18.3. The zero-order valence-corrected chi connectivity index (χ0v) is 14.4. The van der Waals surface area contributed by atoms with Crippen molar-refractivity contribution in [3.63, 3.8) is 0 Å². The Morgan fingerprint density at radius 1 is 0.778 bits per heavy atom. The Hall–Kier alpha value is -3.47. The van der Waals surface area contributed by atoms with E-state index in [2.05, 4.69) is 0 Å². The molecule has 0 radical (unpaired) electrons. The number of carbonyl (C=O) groups is 2. The number of rotatable bonds is 6. The lowest BCUT2D eigenvalue weighted by Gasteiger charge is -2.08. The molecule has 0 spiro atoms. The minimum atomic E-state index is -0.647. The molecule has 0 unspecified atom stereocenters. The summed E-state index contributed by atoms with van der Waals surface area (Å²) < 4.78 is 24.5. The van der Waals surface area contributed by atoms with Crippen molar-refractivity contribution in [2.24, 2.45) is 0 Å². The van der Waals surface area contributed by atoms with Crippen LogP contribution in [0.15, 0.2) is 78.9 Å². The molecule has 3 rings (SSSR count). The van der Waals surface area contributed by atoms with E-state index in [4.69, 9.17) is 9.47 Å². The van der Waals surface area contributed by atoms with Crippen LogP contribution in [0.1, 0.15) is 26.3 Å². The van der Waals surface area contributed by atoms with Gasteiger partial charge in [0, 0.05) is 6.42 Å². The molecule has 0 saturated carbocycles. The highest BCUT2D eigenvalue weighted by atomic mass is 19.1. The maximum atomic E-state index is 14.2. The van der Waals surface area contributed by atoms with Gasteiger partial charge in [-0.1, -0.05) is 42.5 Å². The predicted octanol–water partition coefficient (Wildman–Crippen LogP) is 4.44. The van der Waals surface area contributed by atoms with Crippen molar-refractivity contribution in [1.29, 1.82) is 0 Å². The summed E-state index contributed by atoms with van der Waals surface area (Å²) in [5.74, 6) is -1.84. The number of halogens is 1. The second kappa shape index (κ2) is 8.76. The van der Waals surface area contributed by atoms with Crippen LogP contribution in [-0.4, -0.2) is 18.5 Å². The molecule has 0 N–H and O–H groups in total. The second-order valence-electron chi connectivity index (χ2n) is 5.77. The van der Waals surface area contributed by atoms with Crippen molar-refractivity contribution < 1.29 is 23.5 Å². The van der Waals surface area contributed by atoms with E-state index in [1.54, 1.807) is 60.7 Å². The van der Waals surface area contributed by atoms with Crippen molar-refractivity contribution >= 4 is 11.9 Å². The number of ether oxygens (including phenoxy) is 2. The number of esters is 2. The molecule has 0 saturated heterocycles. The van der Waals surface area contributed by atoms with Gasteiger partial charge in [0.1, 0.15) is 0 Å². The summed E-state index contributed by atoms with van der Waals surface area (Å²) in [5.41, 5.74) is 1.44. The van der Waals surface area contributed by atoms with Gasteiger partial charge in [-0.25, -0.2) is 14.0 Å². The normalized spacial score (nSPS) is 10.3. The Labute approximate surface area is 156 Å². The van der Waals surface area contributed by atoms with E-state index in [-0.39, 0.29) is 12.4 Å². The molecule has 0 atom stereocenters. The molecule has 0 aliphatic carbocycles. The lowest BCUT2D eigenvalue weighted by molar-refractivity contribution is 0.0508. The standard InChI is InChI=1S/C22H17FO4/c23-19-15-16(13-14-26-21(24)17-7-3-1-4-8-17)11-12-20(19)27-22(25)18-9-5-2-6-10-18/h1-12,15H,13-14H2. The summed E-state index contributed by atoms with van der Waals surface area (Å²) in [5, 5.41) is 0. The van der Waals surface area contributed by atoms with Gasteiger partial charge in [0.15, 0.2) is 11.6 Å². The lowest BCUT2D eigenvalue weighted by atomic mass is 10.1. The summed E-state index contributed by atoms with van der Waals surface area (Å²) >= 11 is 0. The number of hydrogen-bond acceptors (Lipinski definition) is 4. The Morgan fingerprint density at radius 2 is 1.37 bits per heavy atom. The third kappa shape index (κ3) is 5.01. The van der Waals surface area contributed by atoms with Gasteiger partial charge in [-0.15, -0.1) is 0 Å². The number of benzene rings is 3. The Balaban J connectivity index is 1.55. The second-order valence-corrected chi connectivity index (χ2v) is 5.77. The average Bonchev–Trinajstić information content (AvgIpc) is 2.71. The van der Waals surface area contributed by atoms with Gasteiger partial charge in [0.2, 0.25) is 0 Å². The summed E-state index contributed by atoms with van der Waals surface area (Å²) in [6.07, 6.45) is 0.350. The molecule has 4 nitrogen and oxygen atoms in total. The maximum Gasteiger partial charge on any atom is 0.343 e. The highest BCUT2D eigenvalue weighted by Gasteiger charge is 2.12. The maximum absolute atomic E-state index is 14.2. The third-order valence-corrected chi connectivity index (χ3v) is 3.84. The van der Waals surface area contributed by atoms with E-state index < -0.39 is 17.8 Å². The van der Waals surface area contributed by atoms with Crippen LogP contribution in [0.25, 0.3) is 0 Å². The molecule has 3 aromatic carbocycles. The molecule has 0 amide bonds. The first-order valence-electron chi connectivity index (χ1n) is 8.41. The molecule has 5 heteroatoms. The zero-order chi connectivity index (χ0) is 19.1. The van der Waals surface area contributed by atoms with Crippen molar-refractivity contribution in [2.75, 3.05) is 6.61 Å². The van der Waals surface area contributed by atoms with Crippen molar-refractivity contribution in [3.05, 3.63) is 101 Å². The van der Waals surface area contributed by atoms with Gasteiger partial charge in [0.05, 0.1) is 17.7 Å². The fourth-order valence-corrected chi connectivity index (χ4v) is 2.43. The molecule has 3 aromatic rings. The minimum absolute atomic E-state index is 0.121. The van der Waals surface area contributed by atoms with Crippen LogP contribution in [0.3, 0.4) is 0 Å². The Kier molecular flexibility index (Phi) is 5.94. The Bertz CT molecular complexity index is 924. The van der Waals surface area contributed by atoms with E-state index in [0.29, 0.717) is 23.1 Å². The molecule has 0 aliphatic heterocycles. The lowest BCUT2D eigenvalue weighted by Crippen LogP contribution is -2.10. The Morgan fingerprint density at radius 3 is 1.96 bits per heavy atom. The van der Waals surface area contributed by atoms with E-state index >= 15 is 0 Å². The van der Waals surface area contributed by atoms with Gasteiger partial charge in [0.25, 0.3) is 0 Å². The highest BCUT2D eigenvalue weighted by Crippen LogP contribution is 2.20.